The molecule has 2 amide bonds. The lowest BCUT2D eigenvalue weighted by molar-refractivity contribution is 0.0569. The third-order valence-electron chi connectivity index (χ3n) is 7.88. The molecule has 1 unspecified atom stereocenters. The van der Waals surface area contributed by atoms with Crippen molar-refractivity contribution >= 4 is 6.03 Å². The number of piperazine rings is 1. The lowest BCUT2D eigenvalue weighted by atomic mass is 9.84. The smallest absolute Gasteiger partial charge is 0.318 e. The zero-order valence-electron chi connectivity index (χ0n) is 21.3. The van der Waals surface area contributed by atoms with Gasteiger partial charge in [-0.2, -0.15) is 0 Å². The molecular formula is C31H38N4O. The topological polar surface area (TPSA) is 38.8 Å². The standard InChI is InChI=1S/C31H38N4O/c1-33-21-23-34(24-22-33)30(27-15-9-4-10-16-27)28-17-19-35(20-18-28)31(36)32-29(25-11-5-2-6-12-25)26-13-7-3-8-14-26/h2-16,28-30H,17-24H2,1H3,(H,32,36). The number of urea groups is 1. The fraction of sp³-hybridized carbons (Fsp3) is 0.387. The van der Waals surface area contributed by atoms with Crippen molar-refractivity contribution in [1.82, 2.24) is 20.0 Å². The first kappa shape index (κ1) is 24.5. The predicted octanol–water partition coefficient (Wildman–Crippen LogP) is 5.19. The Labute approximate surface area is 215 Å². The first-order valence-corrected chi connectivity index (χ1v) is 13.3. The zero-order chi connectivity index (χ0) is 24.7. The summed E-state index contributed by atoms with van der Waals surface area (Å²) < 4.78 is 0. The number of likely N-dealkylation sites (tertiary alicyclic amines) is 1. The van der Waals surface area contributed by atoms with Crippen LogP contribution in [0.15, 0.2) is 91.0 Å². The maximum absolute atomic E-state index is 13.4. The average Bonchev–Trinajstić information content (AvgIpc) is 2.95. The van der Waals surface area contributed by atoms with Gasteiger partial charge in [0.15, 0.2) is 0 Å². The van der Waals surface area contributed by atoms with Gasteiger partial charge in [-0.15, -0.1) is 0 Å². The molecule has 5 rings (SSSR count). The largest absolute Gasteiger partial charge is 0.327 e. The highest BCUT2D eigenvalue weighted by atomic mass is 16.2. The van der Waals surface area contributed by atoms with Crippen molar-refractivity contribution in [3.8, 4) is 0 Å². The molecule has 1 atom stereocenters. The highest BCUT2D eigenvalue weighted by Crippen LogP contribution is 2.36. The summed E-state index contributed by atoms with van der Waals surface area (Å²) in [6.07, 6.45) is 2.06. The number of amides is 2. The number of piperidine rings is 1. The number of likely N-dealkylation sites (N-methyl/N-ethyl adjacent to an activating group) is 1. The van der Waals surface area contributed by atoms with Crippen LogP contribution in [0, 0.1) is 5.92 Å². The molecule has 2 aliphatic heterocycles. The van der Waals surface area contributed by atoms with E-state index in [-0.39, 0.29) is 12.1 Å². The molecule has 36 heavy (non-hydrogen) atoms. The molecule has 2 saturated heterocycles. The van der Waals surface area contributed by atoms with Crippen molar-refractivity contribution in [1.29, 1.82) is 0 Å². The van der Waals surface area contributed by atoms with E-state index in [0.29, 0.717) is 12.0 Å². The van der Waals surface area contributed by atoms with Gasteiger partial charge in [0, 0.05) is 45.3 Å². The molecule has 5 nitrogen and oxygen atoms in total. The van der Waals surface area contributed by atoms with Crippen molar-refractivity contribution in [2.75, 3.05) is 46.3 Å². The molecule has 0 radical (unpaired) electrons. The van der Waals surface area contributed by atoms with Crippen molar-refractivity contribution in [3.05, 3.63) is 108 Å². The highest BCUT2D eigenvalue weighted by Gasteiger charge is 2.34. The van der Waals surface area contributed by atoms with Crippen LogP contribution >= 0.6 is 0 Å². The molecule has 3 aromatic rings. The third-order valence-corrected chi connectivity index (χ3v) is 7.88. The minimum atomic E-state index is -0.153. The van der Waals surface area contributed by atoms with Crippen LogP contribution in [0.25, 0.3) is 0 Å². The van der Waals surface area contributed by atoms with Gasteiger partial charge < -0.3 is 15.1 Å². The summed E-state index contributed by atoms with van der Waals surface area (Å²) in [5, 5.41) is 3.33. The molecule has 1 N–H and O–H groups in total. The van der Waals surface area contributed by atoms with Gasteiger partial charge in [-0.05, 0) is 42.5 Å². The van der Waals surface area contributed by atoms with Gasteiger partial charge in [-0.3, -0.25) is 4.90 Å². The number of carbonyl (C=O) groups is 1. The summed E-state index contributed by atoms with van der Waals surface area (Å²) >= 11 is 0. The molecule has 0 aromatic heterocycles. The number of rotatable bonds is 6. The lowest BCUT2D eigenvalue weighted by Crippen LogP contribution is -2.50. The van der Waals surface area contributed by atoms with Crippen LogP contribution in [0.4, 0.5) is 4.79 Å². The Morgan fingerprint density at radius 1 is 0.694 bits per heavy atom. The first-order valence-electron chi connectivity index (χ1n) is 13.3. The van der Waals surface area contributed by atoms with Gasteiger partial charge >= 0.3 is 6.03 Å². The maximum atomic E-state index is 13.4. The summed E-state index contributed by atoms with van der Waals surface area (Å²) in [5.74, 6) is 0.555. The Morgan fingerprint density at radius 2 is 1.17 bits per heavy atom. The van der Waals surface area contributed by atoms with E-state index in [2.05, 4.69) is 76.8 Å². The summed E-state index contributed by atoms with van der Waals surface area (Å²) in [6, 6.07) is 31.8. The second kappa shape index (κ2) is 11.7. The molecule has 2 aliphatic rings. The lowest BCUT2D eigenvalue weighted by Gasteiger charge is -2.44. The van der Waals surface area contributed by atoms with Gasteiger partial charge in [0.05, 0.1) is 6.04 Å². The predicted molar refractivity (Wildman–Crippen MR) is 146 cm³/mol. The van der Waals surface area contributed by atoms with Crippen molar-refractivity contribution in [2.45, 2.75) is 24.9 Å². The number of carbonyl (C=O) groups excluding carboxylic acids is 1. The molecule has 2 heterocycles. The monoisotopic (exact) mass is 482 g/mol. The van der Waals surface area contributed by atoms with E-state index in [9.17, 15) is 4.79 Å². The molecule has 188 valence electrons. The van der Waals surface area contributed by atoms with Gasteiger partial charge in [0.1, 0.15) is 0 Å². The Morgan fingerprint density at radius 3 is 1.67 bits per heavy atom. The van der Waals surface area contributed by atoms with Crippen LogP contribution in [-0.2, 0) is 0 Å². The molecule has 3 aromatic carbocycles. The fourth-order valence-corrected chi connectivity index (χ4v) is 5.81. The maximum Gasteiger partial charge on any atom is 0.318 e. The summed E-state index contributed by atoms with van der Waals surface area (Å²) in [4.78, 5) is 20.5. The number of hydrogen-bond donors (Lipinski definition) is 1. The second-order valence-corrected chi connectivity index (χ2v) is 10.2. The molecule has 0 aliphatic carbocycles. The van der Waals surface area contributed by atoms with E-state index in [1.165, 1.54) is 5.56 Å². The zero-order valence-corrected chi connectivity index (χ0v) is 21.3. The van der Waals surface area contributed by atoms with Crippen molar-refractivity contribution in [2.24, 2.45) is 5.92 Å². The van der Waals surface area contributed by atoms with E-state index in [1.54, 1.807) is 0 Å². The number of nitrogens with zero attached hydrogens (tertiary/aromatic N) is 3. The Hall–Kier alpha value is -3.15. The number of nitrogens with one attached hydrogen (secondary N) is 1. The molecule has 0 spiro atoms. The Balaban J connectivity index is 1.26. The molecule has 2 fully saturated rings. The van der Waals surface area contributed by atoms with E-state index in [4.69, 9.17) is 0 Å². The number of hydrogen-bond acceptors (Lipinski definition) is 3. The van der Waals surface area contributed by atoms with E-state index < -0.39 is 0 Å². The minimum Gasteiger partial charge on any atom is -0.327 e. The third kappa shape index (κ3) is 5.80. The Kier molecular flexibility index (Phi) is 7.99. The molecular weight excluding hydrogens is 444 g/mol. The van der Waals surface area contributed by atoms with Crippen molar-refractivity contribution in [3.63, 3.8) is 0 Å². The average molecular weight is 483 g/mol. The van der Waals surface area contributed by atoms with Crippen LogP contribution in [0.2, 0.25) is 0 Å². The first-order chi connectivity index (χ1) is 17.7. The summed E-state index contributed by atoms with van der Waals surface area (Å²) in [6.45, 7) is 6.03. The van der Waals surface area contributed by atoms with E-state index in [1.807, 2.05) is 41.3 Å². The fourth-order valence-electron chi connectivity index (χ4n) is 5.81. The minimum absolute atomic E-state index is 0.0296. The van der Waals surface area contributed by atoms with Crippen LogP contribution in [0.3, 0.4) is 0 Å². The van der Waals surface area contributed by atoms with Gasteiger partial charge in [0.25, 0.3) is 0 Å². The normalized spacial score (nSPS) is 18.8. The van der Waals surface area contributed by atoms with Gasteiger partial charge in [0.2, 0.25) is 0 Å². The quantitative estimate of drug-likeness (QED) is 0.526. The second-order valence-electron chi connectivity index (χ2n) is 10.2. The SMILES string of the molecule is CN1CCN(C(c2ccccc2)C2CCN(C(=O)NC(c3ccccc3)c3ccccc3)CC2)CC1. The summed E-state index contributed by atoms with van der Waals surface area (Å²) in [5.41, 5.74) is 3.62. The van der Waals surface area contributed by atoms with E-state index in [0.717, 1.165) is 63.2 Å². The summed E-state index contributed by atoms with van der Waals surface area (Å²) in [7, 11) is 2.21. The highest BCUT2D eigenvalue weighted by molar-refractivity contribution is 5.75. The Bertz CT molecular complexity index is 1040. The van der Waals surface area contributed by atoms with Crippen LogP contribution in [0.5, 0.6) is 0 Å². The van der Waals surface area contributed by atoms with Gasteiger partial charge in [-0.1, -0.05) is 91.0 Å². The van der Waals surface area contributed by atoms with Crippen molar-refractivity contribution < 1.29 is 4.79 Å². The van der Waals surface area contributed by atoms with E-state index >= 15 is 0 Å². The molecule has 0 saturated carbocycles. The van der Waals surface area contributed by atoms with Crippen LogP contribution < -0.4 is 5.32 Å². The molecule has 0 bridgehead atoms. The molecule has 5 heteroatoms. The number of benzene rings is 3. The van der Waals surface area contributed by atoms with Gasteiger partial charge in [-0.25, -0.2) is 4.79 Å². The van der Waals surface area contributed by atoms with Crippen LogP contribution in [-0.4, -0.2) is 67.0 Å². The van der Waals surface area contributed by atoms with Crippen LogP contribution in [0.1, 0.15) is 41.6 Å².